The van der Waals surface area contributed by atoms with Gasteiger partial charge in [0.15, 0.2) is 5.82 Å². The van der Waals surface area contributed by atoms with Crippen molar-refractivity contribution in [1.82, 2.24) is 20.2 Å². The van der Waals surface area contributed by atoms with E-state index in [1.807, 2.05) is 24.3 Å². The molecule has 0 fully saturated rings. The quantitative estimate of drug-likeness (QED) is 0.748. The van der Waals surface area contributed by atoms with E-state index in [1.165, 1.54) is 4.68 Å². The van der Waals surface area contributed by atoms with Crippen LogP contribution in [0.25, 0.3) is 11.4 Å². The second-order valence-corrected chi connectivity index (χ2v) is 4.60. The fourth-order valence-electron chi connectivity index (χ4n) is 1.80. The first-order chi connectivity index (χ1) is 10.2. The summed E-state index contributed by atoms with van der Waals surface area (Å²) in [5, 5.41) is 20.1. The summed E-state index contributed by atoms with van der Waals surface area (Å²) in [5.74, 6) is 0.476. The number of hydrogen-bond acceptors (Lipinski definition) is 5. The van der Waals surface area contributed by atoms with Gasteiger partial charge in [-0.15, -0.1) is 5.10 Å². The van der Waals surface area contributed by atoms with Gasteiger partial charge in [-0.25, -0.2) is 4.68 Å². The standard InChI is InChI=1S/C14H18N4O3/c1-2-3-10-21-12-6-4-11(5-7-12)14-15-16-17-18(14)9-8-13(19)20/h4-7H,2-3,8-10H2,1H3,(H,19,20). The highest BCUT2D eigenvalue weighted by Gasteiger charge is 2.10. The maximum atomic E-state index is 10.6. The number of aromatic nitrogens is 4. The number of ether oxygens (including phenoxy) is 1. The maximum Gasteiger partial charge on any atom is 0.305 e. The Kier molecular flexibility index (Phi) is 5.25. The van der Waals surface area contributed by atoms with Crippen LogP contribution in [0.1, 0.15) is 26.2 Å². The van der Waals surface area contributed by atoms with Crippen LogP contribution in [0.3, 0.4) is 0 Å². The molecule has 0 atom stereocenters. The topological polar surface area (TPSA) is 90.1 Å². The second kappa shape index (κ2) is 7.37. The molecule has 7 nitrogen and oxygen atoms in total. The van der Waals surface area contributed by atoms with E-state index < -0.39 is 5.97 Å². The number of benzene rings is 1. The van der Waals surface area contributed by atoms with Gasteiger partial charge in [0.05, 0.1) is 19.6 Å². The monoisotopic (exact) mass is 290 g/mol. The van der Waals surface area contributed by atoms with Crippen molar-refractivity contribution in [3.63, 3.8) is 0 Å². The first-order valence-electron chi connectivity index (χ1n) is 6.92. The molecule has 0 amide bonds. The van der Waals surface area contributed by atoms with Crippen LogP contribution < -0.4 is 4.74 Å². The van der Waals surface area contributed by atoms with Gasteiger partial charge in [-0.05, 0) is 41.1 Å². The molecule has 1 N–H and O–H groups in total. The zero-order valence-electron chi connectivity index (χ0n) is 11.9. The SMILES string of the molecule is CCCCOc1ccc(-c2nnnn2CCC(=O)O)cc1. The summed E-state index contributed by atoms with van der Waals surface area (Å²) in [6.45, 7) is 3.06. The highest BCUT2D eigenvalue weighted by Crippen LogP contribution is 2.20. The Balaban J connectivity index is 2.05. The molecule has 2 rings (SSSR count). The van der Waals surface area contributed by atoms with Crippen molar-refractivity contribution >= 4 is 5.97 Å². The number of carboxylic acid groups (broad SMARTS) is 1. The average Bonchev–Trinajstić information content (AvgIpc) is 2.94. The van der Waals surface area contributed by atoms with E-state index in [-0.39, 0.29) is 13.0 Å². The summed E-state index contributed by atoms with van der Waals surface area (Å²) in [6, 6.07) is 7.46. The first kappa shape index (κ1) is 15.0. The van der Waals surface area contributed by atoms with Gasteiger partial charge in [0, 0.05) is 5.56 Å². The third kappa shape index (κ3) is 4.27. The van der Waals surface area contributed by atoms with Crippen LogP contribution >= 0.6 is 0 Å². The van der Waals surface area contributed by atoms with Crippen LogP contribution in [-0.4, -0.2) is 37.9 Å². The Hall–Kier alpha value is -2.44. The third-order valence-electron chi connectivity index (χ3n) is 2.95. The summed E-state index contributed by atoms with van der Waals surface area (Å²) < 4.78 is 7.08. The predicted octanol–water partition coefficient (Wildman–Crippen LogP) is 1.99. The molecule has 0 aliphatic heterocycles. The lowest BCUT2D eigenvalue weighted by atomic mass is 10.2. The van der Waals surface area contributed by atoms with Crippen LogP contribution in [0.5, 0.6) is 5.75 Å². The number of unbranched alkanes of at least 4 members (excludes halogenated alkanes) is 1. The van der Waals surface area contributed by atoms with Crippen LogP contribution in [-0.2, 0) is 11.3 Å². The largest absolute Gasteiger partial charge is 0.494 e. The van der Waals surface area contributed by atoms with Crippen molar-refractivity contribution in [2.75, 3.05) is 6.61 Å². The van der Waals surface area contributed by atoms with Crippen LogP contribution in [0.2, 0.25) is 0 Å². The van der Waals surface area contributed by atoms with E-state index in [1.54, 1.807) is 0 Å². The van der Waals surface area contributed by atoms with E-state index in [9.17, 15) is 4.79 Å². The smallest absolute Gasteiger partial charge is 0.305 e. The summed E-state index contributed by atoms with van der Waals surface area (Å²) in [5.41, 5.74) is 0.827. The van der Waals surface area contributed by atoms with Gasteiger partial charge in [0.1, 0.15) is 5.75 Å². The Labute approximate surface area is 122 Å². The van der Waals surface area contributed by atoms with E-state index in [0.717, 1.165) is 24.2 Å². The van der Waals surface area contributed by atoms with Crippen LogP contribution in [0.4, 0.5) is 0 Å². The lowest BCUT2D eigenvalue weighted by Crippen LogP contribution is -2.07. The first-order valence-corrected chi connectivity index (χ1v) is 6.92. The van der Waals surface area contributed by atoms with Crippen LogP contribution in [0.15, 0.2) is 24.3 Å². The minimum atomic E-state index is -0.879. The molecular weight excluding hydrogens is 272 g/mol. The normalized spacial score (nSPS) is 10.5. The minimum Gasteiger partial charge on any atom is -0.494 e. The summed E-state index contributed by atoms with van der Waals surface area (Å²) in [4.78, 5) is 10.6. The molecule has 0 saturated carbocycles. The number of carboxylic acids is 1. The van der Waals surface area contributed by atoms with E-state index in [4.69, 9.17) is 9.84 Å². The van der Waals surface area contributed by atoms with E-state index in [0.29, 0.717) is 12.4 Å². The summed E-state index contributed by atoms with van der Waals surface area (Å²) in [7, 11) is 0. The van der Waals surface area contributed by atoms with Crippen molar-refractivity contribution in [2.24, 2.45) is 0 Å². The Morgan fingerprint density at radius 1 is 1.33 bits per heavy atom. The zero-order chi connectivity index (χ0) is 15.1. The third-order valence-corrected chi connectivity index (χ3v) is 2.95. The predicted molar refractivity (Wildman–Crippen MR) is 75.9 cm³/mol. The second-order valence-electron chi connectivity index (χ2n) is 4.60. The fraction of sp³-hybridized carbons (Fsp3) is 0.429. The Morgan fingerprint density at radius 3 is 2.76 bits per heavy atom. The summed E-state index contributed by atoms with van der Waals surface area (Å²) in [6.07, 6.45) is 2.10. The van der Waals surface area contributed by atoms with Gasteiger partial charge in [-0.3, -0.25) is 4.79 Å². The molecule has 2 aromatic rings. The maximum absolute atomic E-state index is 10.6. The molecular formula is C14H18N4O3. The van der Waals surface area contributed by atoms with Gasteiger partial charge >= 0.3 is 5.97 Å². The number of carbonyl (C=O) groups is 1. The lowest BCUT2D eigenvalue weighted by Gasteiger charge is -2.06. The Bertz CT molecular complexity index is 580. The Morgan fingerprint density at radius 2 is 2.10 bits per heavy atom. The molecule has 0 aliphatic rings. The lowest BCUT2D eigenvalue weighted by molar-refractivity contribution is -0.137. The number of aliphatic carboxylic acids is 1. The van der Waals surface area contributed by atoms with Crippen molar-refractivity contribution in [3.05, 3.63) is 24.3 Å². The van der Waals surface area contributed by atoms with Crippen molar-refractivity contribution < 1.29 is 14.6 Å². The number of nitrogens with zero attached hydrogens (tertiary/aromatic N) is 4. The number of aryl methyl sites for hydroxylation is 1. The molecule has 0 radical (unpaired) electrons. The van der Waals surface area contributed by atoms with E-state index >= 15 is 0 Å². The van der Waals surface area contributed by atoms with Gasteiger partial charge in [0.25, 0.3) is 0 Å². The average molecular weight is 290 g/mol. The van der Waals surface area contributed by atoms with Gasteiger partial charge in [-0.2, -0.15) is 0 Å². The molecule has 21 heavy (non-hydrogen) atoms. The van der Waals surface area contributed by atoms with Crippen molar-refractivity contribution in [2.45, 2.75) is 32.7 Å². The molecule has 0 aliphatic carbocycles. The molecule has 1 heterocycles. The van der Waals surface area contributed by atoms with Crippen LogP contribution in [0, 0.1) is 0 Å². The molecule has 0 saturated heterocycles. The number of rotatable bonds is 8. The van der Waals surface area contributed by atoms with E-state index in [2.05, 4.69) is 22.4 Å². The molecule has 0 bridgehead atoms. The molecule has 7 heteroatoms. The van der Waals surface area contributed by atoms with Gasteiger partial charge in [0.2, 0.25) is 0 Å². The minimum absolute atomic E-state index is 0.0176. The highest BCUT2D eigenvalue weighted by molar-refractivity contribution is 5.66. The number of hydrogen-bond donors (Lipinski definition) is 1. The molecule has 1 aromatic carbocycles. The number of tetrazole rings is 1. The summed E-state index contributed by atoms with van der Waals surface area (Å²) >= 11 is 0. The molecule has 0 spiro atoms. The molecule has 1 aromatic heterocycles. The van der Waals surface area contributed by atoms with Crippen molar-refractivity contribution in [1.29, 1.82) is 0 Å². The molecule has 112 valence electrons. The van der Waals surface area contributed by atoms with Gasteiger partial charge < -0.3 is 9.84 Å². The van der Waals surface area contributed by atoms with Crippen molar-refractivity contribution in [3.8, 4) is 17.1 Å². The fourth-order valence-corrected chi connectivity index (χ4v) is 1.80. The molecule has 0 unspecified atom stereocenters. The highest BCUT2D eigenvalue weighted by atomic mass is 16.5. The van der Waals surface area contributed by atoms with Gasteiger partial charge in [-0.1, -0.05) is 13.3 Å². The zero-order valence-corrected chi connectivity index (χ0v) is 11.9.